The van der Waals surface area contributed by atoms with Crippen molar-refractivity contribution in [2.75, 3.05) is 7.05 Å². The first-order valence-corrected chi connectivity index (χ1v) is 5.74. The van der Waals surface area contributed by atoms with E-state index in [1.165, 1.54) is 12.1 Å². The highest BCUT2D eigenvalue weighted by molar-refractivity contribution is 5.23. The van der Waals surface area contributed by atoms with Crippen molar-refractivity contribution in [1.29, 1.82) is 0 Å². The average Bonchev–Trinajstić information content (AvgIpc) is 2.38. The third-order valence-corrected chi connectivity index (χ3v) is 2.45. The minimum absolute atomic E-state index is 0.301. The molecule has 1 N–H and O–H groups in total. The number of hydrogen-bond donors (Lipinski definition) is 1. The Labute approximate surface area is 106 Å². The van der Waals surface area contributed by atoms with Gasteiger partial charge in [0.25, 0.3) is 0 Å². The summed E-state index contributed by atoms with van der Waals surface area (Å²) in [5, 5.41) is 3.05. The molecule has 0 aliphatic heterocycles. The molecule has 1 aromatic heterocycles. The zero-order valence-electron chi connectivity index (χ0n) is 10.2. The summed E-state index contributed by atoms with van der Waals surface area (Å²) in [5.41, 5.74) is 1.94. The molecule has 2 aromatic rings. The third-order valence-electron chi connectivity index (χ3n) is 2.45. The van der Waals surface area contributed by atoms with E-state index in [-0.39, 0.29) is 5.82 Å². The number of aromatic nitrogens is 1. The van der Waals surface area contributed by atoms with Gasteiger partial charge in [-0.25, -0.2) is 4.39 Å². The van der Waals surface area contributed by atoms with E-state index in [4.69, 9.17) is 4.74 Å². The molecule has 2 rings (SSSR count). The predicted octanol–water partition coefficient (Wildman–Crippen LogP) is 2.52. The molecule has 0 atom stereocenters. The van der Waals surface area contributed by atoms with Crippen LogP contribution in [0.1, 0.15) is 11.3 Å². The Balaban J connectivity index is 1.93. The van der Waals surface area contributed by atoms with E-state index in [1.54, 1.807) is 18.3 Å². The van der Waals surface area contributed by atoms with Crippen LogP contribution in [0.5, 0.6) is 5.75 Å². The second-order valence-corrected chi connectivity index (χ2v) is 3.93. The minimum Gasteiger partial charge on any atom is -0.487 e. The van der Waals surface area contributed by atoms with Gasteiger partial charge in [0.1, 0.15) is 18.2 Å². The van der Waals surface area contributed by atoms with Gasteiger partial charge >= 0.3 is 0 Å². The van der Waals surface area contributed by atoms with Gasteiger partial charge in [0.2, 0.25) is 0 Å². The maximum Gasteiger partial charge on any atom is 0.130 e. The molecule has 0 aliphatic carbocycles. The van der Waals surface area contributed by atoms with E-state index in [2.05, 4.69) is 10.3 Å². The van der Waals surface area contributed by atoms with Gasteiger partial charge in [0.05, 0.1) is 5.69 Å². The summed E-state index contributed by atoms with van der Waals surface area (Å²) < 4.78 is 18.4. The van der Waals surface area contributed by atoms with Crippen molar-refractivity contribution >= 4 is 0 Å². The van der Waals surface area contributed by atoms with Crippen LogP contribution in [0.3, 0.4) is 0 Å². The number of rotatable bonds is 5. The lowest BCUT2D eigenvalue weighted by atomic mass is 10.2. The van der Waals surface area contributed by atoms with Crippen molar-refractivity contribution in [3.8, 4) is 5.75 Å². The first-order valence-electron chi connectivity index (χ1n) is 5.74. The lowest BCUT2D eigenvalue weighted by Gasteiger charge is -2.06. The maximum absolute atomic E-state index is 12.9. The lowest BCUT2D eigenvalue weighted by molar-refractivity contribution is 0.299. The first-order chi connectivity index (χ1) is 8.78. The van der Waals surface area contributed by atoms with Crippen LogP contribution in [0.2, 0.25) is 0 Å². The van der Waals surface area contributed by atoms with E-state index in [0.717, 1.165) is 17.8 Å². The number of hydrogen-bond acceptors (Lipinski definition) is 3. The molecule has 3 nitrogen and oxygen atoms in total. The fourth-order valence-electron chi connectivity index (χ4n) is 1.56. The van der Waals surface area contributed by atoms with Crippen LogP contribution >= 0.6 is 0 Å². The zero-order valence-corrected chi connectivity index (χ0v) is 10.2. The van der Waals surface area contributed by atoms with Crippen molar-refractivity contribution in [1.82, 2.24) is 10.3 Å². The van der Waals surface area contributed by atoms with Crippen LogP contribution in [0.15, 0.2) is 42.6 Å². The van der Waals surface area contributed by atoms with E-state index < -0.39 is 0 Å². The Hall–Kier alpha value is -1.94. The van der Waals surface area contributed by atoms with Gasteiger partial charge < -0.3 is 10.1 Å². The van der Waals surface area contributed by atoms with E-state index >= 15 is 0 Å². The third kappa shape index (κ3) is 3.53. The molecule has 0 aliphatic rings. The van der Waals surface area contributed by atoms with E-state index in [1.807, 2.05) is 19.2 Å². The highest BCUT2D eigenvalue weighted by Gasteiger charge is 1.99. The molecule has 0 saturated heterocycles. The highest BCUT2D eigenvalue weighted by atomic mass is 19.1. The Morgan fingerprint density at radius 1 is 1.28 bits per heavy atom. The summed E-state index contributed by atoms with van der Waals surface area (Å²) in [6, 6.07) is 9.99. The number of ether oxygens (including phenoxy) is 1. The van der Waals surface area contributed by atoms with E-state index in [9.17, 15) is 4.39 Å². The molecule has 0 spiro atoms. The predicted molar refractivity (Wildman–Crippen MR) is 67.7 cm³/mol. The molecular weight excluding hydrogens is 231 g/mol. The SMILES string of the molecule is CNCc1ccc(COc2cccc(F)c2)nc1. The molecule has 0 fully saturated rings. The van der Waals surface area contributed by atoms with Crippen LogP contribution in [-0.2, 0) is 13.2 Å². The van der Waals surface area contributed by atoms with Crippen molar-refractivity contribution < 1.29 is 9.13 Å². The lowest BCUT2D eigenvalue weighted by Crippen LogP contribution is -2.06. The van der Waals surface area contributed by atoms with Crippen LogP contribution in [0.25, 0.3) is 0 Å². The van der Waals surface area contributed by atoms with Gasteiger partial charge in [0, 0.05) is 18.8 Å². The van der Waals surface area contributed by atoms with Crippen LogP contribution in [-0.4, -0.2) is 12.0 Å². The Bertz CT molecular complexity index is 499. The van der Waals surface area contributed by atoms with Gasteiger partial charge in [-0.3, -0.25) is 4.98 Å². The topological polar surface area (TPSA) is 34.1 Å². The minimum atomic E-state index is -0.301. The summed E-state index contributed by atoms with van der Waals surface area (Å²) in [7, 11) is 1.89. The second-order valence-electron chi connectivity index (χ2n) is 3.93. The highest BCUT2D eigenvalue weighted by Crippen LogP contribution is 2.13. The number of pyridine rings is 1. The molecule has 94 valence electrons. The maximum atomic E-state index is 12.9. The van der Waals surface area contributed by atoms with Gasteiger partial charge in [-0.05, 0) is 30.8 Å². The molecule has 0 unspecified atom stereocenters. The van der Waals surface area contributed by atoms with Gasteiger partial charge in [0.15, 0.2) is 0 Å². The van der Waals surface area contributed by atoms with E-state index in [0.29, 0.717) is 12.4 Å². The quantitative estimate of drug-likeness (QED) is 0.880. The molecule has 0 saturated carbocycles. The molecule has 1 heterocycles. The largest absolute Gasteiger partial charge is 0.487 e. The number of benzene rings is 1. The molecule has 0 amide bonds. The zero-order chi connectivity index (χ0) is 12.8. The summed E-state index contributed by atoms with van der Waals surface area (Å²) in [6.07, 6.45) is 1.81. The smallest absolute Gasteiger partial charge is 0.130 e. The monoisotopic (exact) mass is 246 g/mol. The second kappa shape index (κ2) is 6.12. The summed E-state index contributed by atoms with van der Waals surface area (Å²) in [4.78, 5) is 4.28. The van der Waals surface area contributed by atoms with Crippen LogP contribution in [0.4, 0.5) is 4.39 Å². The van der Waals surface area contributed by atoms with Gasteiger partial charge in [-0.15, -0.1) is 0 Å². The fraction of sp³-hybridized carbons (Fsp3) is 0.214. The summed E-state index contributed by atoms with van der Waals surface area (Å²) in [5.74, 6) is 0.209. The van der Waals surface area contributed by atoms with Crippen LogP contribution in [0, 0.1) is 5.82 Å². The average molecular weight is 246 g/mol. The Morgan fingerprint density at radius 2 is 2.17 bits per heavy atom. The van der Waals surface area contributed by atoms with Crippen molar-refractivity contribution in [2.45, 2.75) is 13.2 Å². The van der Waals surface area contributed by atoms with Gasteiger partial charge in [-0.2, -0.15) is 0 Å². The molecular formula is C14H15FN2O. The van der Waals surface area contributed by atoms with Crippen LogP contribution < -0.4 is 10.1 Å². The molecule has 1 aromatic carbocycles. The fourth-order valence-corrected chi connectivity index (χ4v) is 1.56. The molecule has 0 radical (unpaired) electrons. The molecule has 4 heteroatoms. The van der Waals surface area contributed by atoms with Crippen molar-refractivity contribution in [2.24, 2.45) is 0 Å². The summed E-state index contributed by atoms with van der Waals surface area (Å²) in [6.45, 7) is 1.13. The summed E-state index contributed by atoms with van der Waals surface area (Å²) >= 11 is 0. The Kier molecular flexibility index (Phi) is 4.25. The molecule has 18 heavy (non-hydrogen) atoms. The van der Waals surface area contributed by atoms with Gasteiger partial charge in [-0.1, -0.05) is 12.1 Å². The number of halogens is 1. The van der Waals surface area contributed by atoms with Crippen molar-refractivity contribution in [3.05, 3.63) is 59.7 Å². The first kappa shape index (κ1) is 12.5. The normalized spacial score (nSPS) is 10.3. The standard InChI is InChI=1S/C14H15FN2O/c1-16-8-11-5-6-13(17-9-11)10-18-14-4-2-3-12(15)7-14/h2-7,9,16H,8,10H2,1H3. The number of nitrogens with one attached hydrogen (secondary N) is 1. The Morgan fingerprint density at radius 3 is 2.83 bits per heavy atom. The van der Waals surface area contributed by atoms with Crippen molar-refractivity contribution in [3.63, 3.8) is 0 Å². The number of nitrogens with zero attached hydrogens (tertiary/aromatic N) is 1. The molecule has 0 bridgehead atoms.